The van der Waals surface area contributed by atoms with Gasteiger partial charge in [0, 0.05) is 22.5 Å². The number of carboxylic acid groups (broad SMARTS) is 1. The number of nitrogens with zero attached hydrogens (tertiary/aromatic N) is 1. The lowest BCUT2D eigenvalue weighted by molar-refractivity contribution is -0.133. The van der Waals surface area contributed by atoms with E-state index in [0.29, 0.717) is 0 Å². The lowest BCUT2D eigenvalue weighted by Crippen LogP contribution is -2.26. The van der Waals surface area contributed by atoms with Crippen molar-refractivity contribution < 1.29 is 14.7 Å². The van der Waals surface area contributed by atoms with Crippen molar-refractivity contribution in [1.29, 1.82) is 0 Å². The summed E-state index contributed by atoms with van der Waals surface area (Å²) in [5.74, 6) is -1.49. The molecular weight excluding hydrogens is 220 g/mol. The van der Waals surface area contributed by atoms with E-state index < -0.39 is 11.9 Å². The molecule has 0 atom stereocenters. The Morgan fingerprint density at radius 3 is 2.00 bits per heavy atom. The van der Waals surface area contributed by atoms with E-state index in [4.69, 9.17) is 5.11 Å². The molecule has 0 saturated carbocycles. The highest BCUT2D eigenvalue weighted by Gasteiger charge is 2.13. The highest BCUT2D eigenvalue weighted by molar-refractivity contribution is 6.05. The Labute approximate surface area is 99.7 Å². The number of amides is 1. The molecule has 1 aromatic heterocycles. The summed E-state index contributed by atoms with van der Waals surface area (Å²) >= 11 is 0. The van der Waals surface area contributed by atoms with E-state index in [1.165, 1.54) is 13.8 Å². The summed E-state index contributed by atoms with van der Waals surface area (Å²) in [5, 5.41) is 8.79. The summed E-state index contributed by atoms with van der Waals surface area (Å²) in [6.45, 7) is 6.62. The number of nitrogens with one attached hydrogen (secondary N) is 1. The van der Waals surface area contributed by atoms with E-state index in [2.05, 4.69) is 5.43 Å². The zero-order chi connectivity index (χ0) is 13.2. The smallest absolute Gasteiger partial charge is 0.331 e. The maximum atomic E-state index is 11.8. The molecular formula is C12H16N2O3. The second-order valence-corrected chi connectivity index (χ2v) is 3.95. The molecule has 0 saturated heterocycles. The van der Waals surface area contributed by atoms with E-state index in [-0.39, 0.29) is 11.1 Å². The minimum Gasteiger partial charge on any atom is -0.478 e. The fraction of sp³-hybridized carbons (Fsp3) is 0.333. The van der Waals surface area contributed by atoms with Gasteiger partial charge in [-0.25, -0.2) is 4.79 Å². The van der Waals surface area contributed by atoms with Crippen LogP contribution >= 0.6 is 0 Å². The molecule has 0 unspecified atom stereocenters. The van der Waals surface area contributed by atoms with Gasteiger partial charge in [0.1, 0.15) is 0 Å². The second-order valence-electron chi connectivity index (χ2n) is 3.95. The monoisotopic (exact) mass is 236 g/mol. The molecule has 1 aromatic rings. The Bertz CT molecular complexity index is 478. The SMILES string of the molecule is CC(C(=O)O)=C(C)C(=O)Nn1c(C)ccc1C. The molecule has 0 aliphatic heterocycles. The zero-order valence-electron chi connectivity index (χ0n) is 10.4. The molecule has 0 bridgehead atoms. The van der Waals surface area contributed by atoms with Crippen molar-refractivity contribution in [3.8, 4) is 0 Å². The normalized spacial score (nSPS) is 12.0. The number of aromatic nitrogens is 1. The maximum Gasteiger partial charge on any atom is 0.331 e. The van der Waals surface area contributed by atoms with E-state index in [1.54, 1.807) is 4.68 Å². The third-order valence-corrected chi connectivity index (χ3v) is 2.71. The van der Waals surface area contributed by atoms with Gasteiger partial charge in [0.25, 0.3) is 5.91 Å². The van der Waals surface area contributed by atoms with Crippen molar-refractivity contribution in [2.75, 3.05) is 5.43 Å². The molecule has 0 aliphatic rings. The molecule has 0 radical (unpaired) electrons. The molecule has 1 rings (SSSR count). The van der Waals surface area contributed by atoms with Crippen LogP contribution in [0.3, 0.4) is 0 Å². The fourth-order valence-electron chi connectivity index (χ4n) is 1.36. The van der Waals surface area contributed by atoms with Gasteiger partial charge in [0.15, 0.2) is 0 Å². The highest BCUT2D eigenvalue weighted by atomic mass is 16.4. The summed E-state index contributed by atoms with van der Waals surface area (Å²) in [5.41, 5.74) is 4.67. The van der Waals surface area contributed by atoms with Crippen LogP contribution in [0.15, 0.2) is 23.3 Å². The summed E-state index contributed by atoms with van der Waals surface area (Å²) < 4.78 is 1.63. The molecule has 5 heteroatoms. The van der Waals surface area contributed by atoms with Crippen molar-refractivity contribution in [3.63, 3.8) is 0 Å². The average Bonchev–Trinajstić information content (AvgIpc) is 2.58. The van der Waals surface area contributed by atoms with Crippen LogP contribution in [-0.4, -0.2) is 21.7 Å². The number of carboxylic acids is 1. The number of aryl methyl sites for hydroxylation is 2. The molecule has 1 heterocycles. The van der Waals surface area contributed by atoms with Gasteiger partial charge in [0.2, 0.25) is 0 Å². The van der Waals surface area contributed by atoms with Gasteiger partial charge in [-0.3, -0.25) is 14.9 Å². The largest absolute Gasteiger partial charge is 0.478 e. The van der Waals surface area contributed by atoms with Crippen molar-refractivity contribution >= 4 is 11.9 Å². The summed E-state index contributed by atoms with van der Waals surface area (Å²) in [6, 6.07) is 3.75. The number of hydrogen-bond donors (Lipinski definition) is 2. The van der Waals surface area contributed by atoms with Gasteiger partial charge in [-0.1, -0.05) is 0 Å². The van der Waals surface area contributed by atoms with Crippen LogP contribution in [0.25, 0.3) is 0 Å². The Kier molecular flexibility index (Phi) is 3.73. The second kappa shape index (κ2) is 4.86. The van der Waals surface area contributed by atoms with Crippen molar-refractivity contribution in [2.24, 2.45) is 0 Å². The maximum absolute atomic E-state index is 11.8. The van der Waals surface area contributed by atoms with E-state index in [0.717, 1.165) is 11.4 Å². The van der Waals surface area contributed by atoms with E-state index >= 15 is 0 Å². The molecule has 5 nitrogen and oxygen atoms in total. The zero-order valence-corrected chi connectivity index (χ0v) is 10.4. The summed E-state index contributed by atoms with van der Waals surface area (Å²) in [7, 11) is 0. The molecule has 1 amide bonds. The predicted octanol–water partition coefficient (Wildman–Crippen LogP) is 1.60. The number of carbonyl (C=O) groups excluding carboxylic acids is 1. The number of hydrogen-bond acceptors (Lipinski definition) is 2. The lowest BCUT2D eigenvalue weighted by Gasteiger charge is -2.12. The van der Waals surface area contributed by atoms with E-state index in [9.17, 15) is 9.59 Å². The summed E-state index contributed by atoms with van der Waals surface area (Å²) in [6.07, 6.45) is 0. The Hall–Kier alpha value is -2.04. The van der Waals surface area contributed by atoms with Gasteiger partial charge in [-0.05, 0) is 39.8 Å². The van der Waals surface area contributed by atoms with Crippen molar-refractivity contribution in [2.45, 2.75) is 27.7 Å². The quantitative estimate of drug-likeness (QED) is 0.783. The van der Waals surface area contributed by atoms with Crippen molar-refractivity contribution in [3.05, 3.63) is 34.7 Å². The Morgan fingerprint density at radius 2 is 1.59 bits per heavy atom. The van der Waals surface area contributed by atoms with Gasteiger partial charge < -0.3 is 5.11 Å². The topological polar surface area (TPSA) is 71.3 Å². The molecule has 2 N–H and O–H groups in total. The number of carbonyl (C=O) groups is 2. The first kappa shape index (κ1) is 13.0. The third-order valence-electron chi connectivity index (χ3n) is 2.71. The standard InChI is InChI=1S/C12H16N2O3/c1-7-5-6-8(2)14(7)13-11(15)9(3)10(4)12(16)17/h5-6H,1-4H3,(H,13,15)(H,16,17). The van der Waals surface area contributed by atoms with Crippen LogP contribution in [0.2, 0.25) is 0 Å². The Morgan fingerprint density at radius 1 is 1.12 bits per heavy atom. The highest BCUT2D eigenvalue weighted by Crippen LogP contribution is 2.08. The van der Waals surface area contributed by atoms with Crippen LogP contribution in [-0.2, 0) is 9.59 Å². The Balaban J connectivity index is 2.95. The van der Waals surface area contributed by atoms with Crippen LogP contribution in [0.1, 0.15) is 25.2 Å². The van der Waals surface area contributed by atoms with Crippen LogP contribution < -0.4 is 5.43 Å². The first-order valence-electron chi connectivity index (χ1n) is 5.21. The third kappa shape index (κ3) is 2.75. The summed E-state index contributed by atoms with van der Waals surface area (Å²) in [4.78, 5) is 22.5. The first-order chi connectivity index (χ1) is 7.84. The van der Waals surface area contributed by atoms with Crippen LogP contribution in [0.4, 0.5) is 0 Å². The van der Waals surface area contributed by atoms with Gasteiger partial charge in [-0.15, -0.1) is 0 Å². The molecule has 17 heavy (non-hydrogen) atoms. The van der Waals surface area contributed by atoms with Gasteiger partial charge >= 0.3 is 5.97 Å². The molecule has 0 spiro atoms. The van der Waals surface area contributed by atoms with Crippen LogP contribution in [0.5, 0.6) is 0 Å². The molecule has 0 fully saturated rings. The van der Waals surface area contributed by atoms with Gasteiger partial charge in [0.05, 0.1) is 0 Å². The molecule has 0 aromatic carbocycles. The first-order valence-corrected chi connectivity index (χ1v) is 5.21. The number of aliphatic carboxylic acids is 1. The van der Waals surface area contributed by atoms with Gasteiger partial charge in [-0.2, -0.15) is 0 Å². The minimum absolute atomic E-state index is 0.0463. The fourth-order valence-corrected chi connectivity index (χ4v) is 1.36. The average molecular weight is 236 g/mol. The molecule has 0 aliphatic carbocycles. The lowest BCUT2D eigenvalue weighted by atomic mass is 10.1. The van der Waals surface area contributed by atoms with Crippen molar-refractivity contribution in [1.82, 2.24) is 4.68 Å². The minimum atomic E-state index is -1.08. The number of rotatable bonds is 3. The van der Waals surface area contributed by atoms with Crippen LogP contribution in [0, 0.1) is 13.8 Å². The van der Waals surface area contributed by atoms with E-state index in [1.807, 2.05) is 26.0 Å². The molecule has 92 valence electrons. The predicted molar refractivity (Wildman–Crippen MR) is 64.3 cm³/mol.